The highest BCUT2D eigenvalue weighted by molar-refractivity contribution is 6.01. The molecule has 4 heteroatoms. The molecule has 7 unspecified atom stereocenters. The molecule has 0 aromatic heterocycles. The molecule has 2 spiro atoms. The Bertz CT molecular complexity index is 801. The second-order valence-electron chi connectivity index (χ2n) is 10.6. The van der Waals surface area contributed by atoms with Crippen LogP contribution in [0.1, 0.15) is 58.8 Å². The Morgan fingerprint density at radius 2 is 1.96 bits per heavy atom. The second kappa shape index (κ2) is 4.87. The molecule has 3 saturated heterocycles. The average molecular weight is 370 g/mol. The van der Waals surface area contributed by atoms with Gasteiger partial charge in [-0.3, -0.25) is 14.5 Å². The molecule has 4 aliphatic carbocycles. The third kappa shape index (κ3) is 1.54. The van der Waals surface area contributed by atoms with Crippen LogP contribution in [0.25, 0.3) is 0 Å². The van der Waals surface area contributed by atoms with E-state index in [0.29, 0.717) is 17.6 Å². The minimum absolute atomic E-state index is 0.00877. The SMILES string of the molecule is COC(=O)C1CC23C(=O)C45CCC2(C)C(CCC2=C3C1CC2)CN4CC5C. The Kier molecular flexibility index (Phi) is 3.02. The molecule has 7 atom stereocenters. The van der Waals surface area contributed by atoms with Crippen LogP contribution in [0.15, 0.2) is 11.1 Å². The number of nitrogens with zero attached hydrogens (tertiary/aromatic N) is 1. The molecule has 0 amide bonds. The maximum absolute atomic E-state index is 14.5. The number of Topliss-reactive ketones (excluding diaryl/α,β-unsaturated/α-hetero) is 1. The zero-order valence-electron chi connectivity index (χ0n) is 16.8. The van der Waals surface area contributed by atoms with Crippen LogP contribution in [-0.2, 0) is 14.3 Å². The van der Waals surface area contributed by atoms with Crippen molar-refractivity contribution in [3.8, 4) is 0 Å². The van der Waals surface area contributed by atoms with E-state index in [1.807, 2.05) is 0 Å². The molecule has 0 radical (unpaired) electrons. The van der Waals surface area contributed by atoms with Crippen molar-refractivity contribution >= 4 is 11.8 Å². The van der Waals surface area contributed by atoms with Crippen LogP contribution in [0, 0.1) is 34.5 Å². The van der Waals surface area contributed by atoms with Gasteiger partial charge < -0.3 is 4.74 Å². The Balaban J connectivity index is 1.62. The quantitative estimate of drug-likeness (QED) is 0.525. The predicted molar refractivity (Wildman–Crippen MR) is 101 cm³/mol. The summed E-state index contributed by atoms with van der Waals surface area (Å²) in [5, 5.41) is 0. The smallest absolute Gasteiger partial charge is 0.309 e. The molecule has 146 valence electrons. The number of rotatable bonds is 1. The molecule has 4 bridgehead atoms. The molecule has 2 saturated carbocycles. The van der Waals surface area contributed by atoms with Gasteiger partial charge in [0.15, 0.2) is 5.78 Å². The van der Waals surface area contributed by atoms with Crippen LogP contribution in [-0.4, -0.2) is 42.4 Å². The van der Waals surface area contributed by atoms with Crippen LogP contribution in [0.5, 0.6) is 0 Å². The zero-order chi connectivity index (χ0) is 18.8. The van der Waals surface area contributed by atoms with Crippen molar-refractivity contribution in [2.24, 2.45) is 34.5 Å². The summed E-state index contributed by atoms with van der Waals surface area (Å²) in [6, 6.07) is 0. The van der Waals surface area contributed by atoms with Gasteiger partial charge in [0.1, 0.15) is 0 Å². The minimum Gasteiger partial charge on any atom is -0.469 e. The first-order chi connectivity index (χ1) is 12.9. The van der Waals surface area contributed by atoms with Gasteiger partial charge in [-0.2, -0.15) is 0 Å². The summed E-state index contributed by atoms with van der Waals surface area (Å²) in [5.74, 6) is 1.58. The van der Waals surface area contributed by atoms with Gasteiger partial charge in [0.2, 0.25) is 0 Å². The fourth-order valence-electron chi connectivity index (χ4n) is 8.93. The Morgan fingerprint density at radius 1 is 1.19 bits per heavy atom. The van der Waals surface area contributed by atoms with Gasteiger partial charge in [0.25, 0.3) is 0 Å². The van der Waals surface area contributed by atoms with Gasteiger partial charge in [0, 0.05) is 13.1 Å². The molecule has 0 aromatic carbocycles. The van der Waals surface area contributed by atoms with Crippen LogP contribution in [0.4, 0.5) is 0 Å². The molecule has 27 heavy (non-hydrogen) atoms. The van der Waals surface area contributed by atoms with E-state index in [2.05, 4.69) is 18.7 Å². The van der Waals surface area contributed by atoms with Crippen molar-refractivity contribution in [1.82, 2.24) is 4.90 Å². The third-order valence-corrected chi connectivity index (χ3v) is 10.3. The van der Waals surface area contributed by atoms with Crippen molar-refractivity contribution in [3.05, 3.63) is 11.1 Å². The number of carbonyl (C=O) groups is 2. The number of hydrogen-bond donors (Lipinski definition) is 0. The van der Waals surface area contributed by atoms with Gasteiger partial charge in [-0.15, -0.1) is 0 Å². The molecular formula is C23H31NO3. The van der Waals surface area contributed by atoms with E-state index in [-0.39, 0.29) is 28.8 Å². The van der Waals surface area contributed by atoms with E-state index in [1.54, 1.807) is 5.57 Å². The standard InChI is InChI=1S/C23H31NO3/c1-13-11-24-12-15-6-4-14-5-7-16-17(19(25)27-3)10-22(18(14)16)20(26)23(13,24)9-8-21(15,22)2/h13,15-17H,4-12H2,1-3H3. The van der Waals surface area contributed by atoms with Gasteiger partial charge >= 0.3 is 5.97 Å². The Hall–Kier alpha value is -1.16. The normalized spacial score (nSPS) is 52.8. The minimum atomic E-state index is -0.398. The largest absolute Gasteiger partial charge is 0.469 e. The summed E-state index contributed by atoms with van der Waals surface area (Å²) in [7, 11) is 1.51. The summed E-state index contributed by atoms with van der Waals surface area (Å²) in [5.41, 5.74) is 2.35. The van der Waals surface area contributed by atoms with Gasteiger partial charge in [-0.1, -0.05) is 25.0 Å². The number of fused-ring (bicyclic) bond motifs is 1. The summed E-state index contributed by atoms with van der Waals surface area (Å²) in [4.78, 5) is 29.8. The number of allylic oxidation sites excluding steroid dienone is 2. The first kappa shape index (κ1) is 16.8. The lowest BCUT2D eigenvalue weighted by molar-refractivity contribution is -0.169. The first-order valence-corrected chi connectivity index (χ1v) is 11.0. The third-order valence-electron chi connectivity index (χ3n) is 10.3. The van der Waals surface area contributed by atoms with E-state index in [4.69, 9.17) is 4.74 Å². The number of hydrogen-bond acceptors (Lipinski definition) is 4. The number of carbonyl (C=O) groups excluding carboxylic acids is 2. The van der Waals surface area contributed by atoms with Crippen molar-refractivity contribution in [1.29, 1.82) is 0 Å². The summed E-state index contributed by atoms with van der Waals surface area (Å²) in [6.07, 6.45) is 7.40. The molecule has 0 N–H and O–H groups in total. The van der Waals surface area contributed by atoms with E-state index in [1.165, 1.54) is 19.1 Å². The van der Waals surface area contributed by atoms with Crippen LogP contribution in [0.3, 0.4) is 0 Å². The van der Waals surface area contributed by atoms with E-state index < -0.39 is 5.41 Å². The van der Waals surface area contributed by atoms with Crippen molar-refractivity contribution < 1.29 is 14.3 Å². The maximum Gasteiger partial charge on any atom is 0.309 e. The fourth-order valence-corrected chi connectivity index (χ4v) is 8.93. The highest BCUT2D eigenvalue weighted by Gasteiger charge is 2.77. The molecule has 3 heterocycles. The topological polar surface area (TPSA) is 46.6 Å². The molecular weight excluding hydrogens is 338 g/mol. The highest BCUT2D eigenvalue weighted by Crippen LogP contribution is 2.75. The van der Waals surface area contributed by atoms with Crippen LogP contribution in [0.2, 0.25) is 0 Å². The van der Waals surface area contributed by atoms with Crippen LogP contribution < -0.4 is 0 Å². The summed E-state index contributed by atoms with van der Waals surface area (Å²) < 4.78 is 5.23. The lowest BCUT2D eigenvalue weighted by Crippen LogP contribution is -2.74. The molecule has 5 fully saturated rings. The number of ketones is 1. The predicted octanol–water partition coefficient (Wildman–Crippen LogP) is 3.36. The van der Waals surface area contributed by atoms with E-state index >= 15 is 0 Å². The summed E-state index contributed by atoms with van der Waals surface area (Å²) in [6.45, 7) is 6.86. The van der Waals surface area contributed by atoms with Crippen LogP contribution >= 0.6 is 0 Å². The highest BCUT2D eigenvalue weighted by atomic mass is 16.5. The zero-order valence-corrected chi connectivity index (χ0v) is 16.8. The lowest BCUT2D eigenvalue weighted by Gasteiger charge is -2.62. The Labute approximate surface area is 161 Å². The van der Waals surface area contributed by atoms with Crippen molar-refractivity contribution in [2.45, 2.75) is 64.3 Å². The van der Waals surface area contributed by atoms with Gasteiger partial charge in [0.05, 0.1) is 24.0 Å². The molecule has 7 aliphatic rings. The monoisotopic (exact) mass is 369 g/mol. The number of esters is 1. The van der Waals surface area contributed by atoms with E-state index in [9.17, 15) is 9.59 Å². The molecule has 4 nitrogen and oxygen atoms in total. The second-order valence-corrected chi connectivity index (χ2v) is 10.6. The maximum atomic E-state index is 14.5. The lowest BCUT2D eigenvalue weighted by atomic mass is 9.45. The molecule has 3 aliphatic heterocycles. The number of methoxy groups -OCH3 is 1. The summed E-state index contributed by atoms with van der Waals surface area (Å²) >= 11 is 0. The van der Waals surface area contributed by atoms with Gasteiger partial charge in [-0.25, -0.2) is 0 Å². The average Bonchev–Trinajstić information content (AvgIpc) is 3.15. The number of ether oxygens (including phenoxy) is 1. The molecule has 0 aromatic rings. The Morgan fingerprint density at radius 3 is 2.70 bits per heavy atom. The molecule has 7 rings (SSSR count). The van der Waals surface area contributed by atoms with Gasteiger partial charge in [-0.05, 0) is 68.1 Å². The fraction of sp³-hybridized carbons (Fsp3) is 0.826. The van der Waals surface area contributed by atoms with Crippen molar-refractivity contribution in [2.75, 3.05) is 20.2 Å². The first-order valence-electron chi connectivity index (χ1n) is 11.0. The van der Waals surface area contributed by atoms with Crippen molar-refractivity contribution in [3.63, 3.8) is 0 Å². The van der Waals surface area contributed by atoms with E-state index in [0.717, 1.165) is 51.6 Å².